The van der Waals surface area contributed by atoms with Gasteiger partial charge < -0.3 is 14.8 Å². The topological polar surface area (TPSA) is 64.6 Å². The smallest absolute Gasteiger partial charge is 0.331 e. The molecular formula is C22H29NO4. The van der Waals surface area contributed by atoms with Crippen molar-refractivity contribution in [1.29, 1.82) is 0 Å². The summed E-state index contributed by atoms with van der Waals surface area (Å²) in [5, 5.41) is 2.99. The first-order chi connectivity index (χ1) is 13.0. The fourth-order valence-electron chi connectivity index (χ4n) is 3.21. The minimum absolute atomic E-state index is 0.164. The van der Waals surface area contributed by atoms with E-state index in [2.05, 4.69) is 25.7 Å². The molecule has 1 aliphatic rings. The third-order valence-electron chi connectivity index (χ3n) is 5.06. The highest BCUT2D eigenvalue weighted by Gasteiger charge is 2.28. The number of carbonyl (C=O) groups is 2. The van der Waals surface area contributed by atoms with E-state index in [1.807, 2.05) is 24.3 Å². The molecule has 0 unspecified atom stereocenters. The average Bonchev–Trinajstić information content (AvgIpc) is 2.67. The van der Waals surface area contributed by atoms with E-state index >= 15 is 0 Å². The third kappa shape index (κ3) is 6.93. The first kappa shape index (κ1) is 20.7. The van der Waals surface area contributed by atoms with Crippen LogP contribution in [0.2, 0.25) is 0 Å². The maximum Gasteiger partial charge on any atom is 0.331 e. The number of nitrogens with one attached hydrogen (secondary N) is 1. The molecule has 0 aliphatic heterocycles. The largest absolute Gasteiger partial charge is 0.490 e. The van der Waals surface area contributed by atoms with E-state index in [4.69, 9.17) is 9.47 Å². The van der Waals surface area contributed by atoms with Gasteiger partial charge in [0, 0.05) is 12.1 Å². The van der Waals surface area contributed by atoms with Gasteiger partial charge in [-0.2, -0.15) is 0 Å². The van der Waals surface area contributed by atoms with Crippen molar-refractivity contribution in [3.05, 3.63) is 48.6 Å². The van der Waals surface area contributed by atoms with Gasteiger partial charge in [-0.25, -0.2) is 4.79 Å². The number of rotatable bonds is 8. The predicted octanol–water partition coefficient (Wildman–Crippen LogP) is 3.75. The maximum atomic E-state index is 12.0. The second kappa shape index (κ2) is 10.6. The Morgan fingerprint density at radius 2 is 1.96 bits per heavy atom. The zero-order valence-electron chi connectivity index (χ0n) is 16.1. The first-order valence-corrected chi connectivity index (χ1v) is 9.47. The van der Waals surface area contributed by atoms with E-state index in [1.165, 1.54) is 12.5 Å². The minimum atomic E-state index is -0.540. The van der Waals surface area contributed by atoms with Crippen molar-refractivity contribution < 1.29 is 19.1 Å². The average molecular weight is 371 g/mol. The first-order valence-electron chi connectivity index (χ1n) is 9.47. The molecule has 1 saturated carbocycles. The van der Waals surface area contributed by atoms with Crippen molar-refractivity contribution in [3.63, 3.8) is 0 Å². The summed E-state index contributed by atoms with van der Waals surface area (Å²) in [6, 6.07) is 7.46. The van der Waals surface area contributed by atoms with E-state index in [9.17, 15) is 9.59 Å². The van der Waals surface area contributed by atoms with E-state index < -0.39 is 5.97 Å². The summed E-state index contributed by atoms with van der Waals surface area (Å²) in [7, 11) is 0. The molecule has 0 heterocycles. The van der Waals surface area contributed by atoms with E-state index in [0.29, 0.717) is 18.4 Å². The lowest BCUT2D eigenvalue weighted by Crippen LogP contribution is -2.45. The molecule has 0 radical (unpaired) electrons. The molecule has 27 heavy (non-hydrogen) atoms. The molecule has 5 nitrogen and oxygen atoms in total. The Kier molecular flexibility index (Phi) is 8.11. The number of amides is 1. The van der Waals surface area contributed by atoms with Crippen molar-refractivity contribution in [3.8, 4) is 5.75 Å². The molecule has 5 heteroatoms. The number of ether oxygens (including phenoxy) is 2. The predicted molar refractivity (Wildman–Crippen MR) is 106 cm³/mol. The summed E-state index contributed by atoms with van der Waals surface area (Å²) in [6.07, 6.45) is 7.94. The highest BCUT2D eigenvalue weighted by atomic mass is 16.5. The maximum absolute atomic E-state index is 12.0. The van der Waals surface area contributed by atoms with Gasteiger partial charge in [0.25, 0.3) is 5.91 Å². The van der Waals surface area contributed by atoms with Gasteiger partial charge in [0.1, 0.15) is 12.4 Å². The summed E-state index contributed by atoms with van der Waals surface area (Å²) in [5.41, 5.74) is 0.840. The van der Waals surface area contributed by atoms with Crippen LogP contribution in [0.25, 0.3) is 6.08 Å². The van der Waals surface area contributed by atoms with Gasteiger partial charge in [0.15, 0.2) is 6.61 Å². The fourth-order valence-corrected chi connectivity index (χ4v) is 3.21. The van der Waals surface area contributed by atoms with Gasteiger partial charge in [-0.3, -0.25) is 4.79 Å². The van der Waals surface area contributed by atoms with Crippen LogP contribution < -0.4 is 10.1 Å². The summed E-state index contributed by atoms with van der Waals surface area (Å²) in [6.45, 7) is 8.17. The number of carbonyl (C=O) groups excluding carboxylic acids is 2. The molecule has 3 atom stereocenters. The van der Waals surface area contributed by atoms with E-state index in [0.717, 1.165) is 24.2 Å². The van der Waals surface area contributed by atoms with Gasteiger partial charge >= 0.3 is 5.97 Å². The highest BCUT2D eigenvalue weighted by Crippen LogP contribution is 2.29. The molecule has 0 bridgehead atoms. The zero-order chi connectivity index (χ0) is 19.6. The highest BCUT2D eigenvalue weighted by molar-refractivity contribution is 5.89. The van der Waals surface area contributed by atoms with Crippen molar-refractivity contribution in [1.82, 2.24) is 5.32 Å². The van der Waals surface area contributed by atoms with E-state index in [1.54, 1.807) is 12.2 Å². The number of benzene rings is 1. The number of hydrogen-bond donors (Lipinski definition) is 1. The Labute approximate surface area is 161 Å². The molecule has 1 N–H and O–H groups in total. The van der Waals surface area contributed by atoms with Crippen LogP contribution in [0.1, 0.15) is 38.7 Å². The monoisotopic (exact) mass is 371 g/mol. The summed E-state index contributed by atoms with van der Waals surface area (Å²) in [5.74, 6) is 0.992. The van der Waals surface area contributed by atoms with Crippen LogP contribution in [0, 0.1) is 11.8 Å². The van der Waals surface area contributed by atoms with Crippen LogP contribution in [-0.4, -0.2) is 31.1 Å². The molecule has 1 aromatic rings. The Bertz CT molecular complexity index is 665. The standard InChI is InChI=1S/C22H29NO4/c1-4-14-26-19-11-8-18(9-12-19)10-13-22(25)27-15-21(24)23-20-7-5-6-16(2)17(20)3/h4,8-13,16-17,20H,1,5-7,14-15H2,2-3H3,(H,23,24)/b13-10+/t16-,17-,20+/m1/s1. The van der Waals surface area contributed by atoms with E-state index in [-0.39, 0.29) is 18.6 Å². The van der Waals surface area contributed by atoms with Crippen molar-refractivity contribution in [2.45, 2.75) is 39.2 Å². The van der Waals surface area contributed by atoms with Crippen LogP contribution in [0.3, 0.4) is 0 Å². The Balaban J connectivity index is 1.74. The lowest BCUT2D eigenvalue weighted by Gasteiger charge is -2.34. The summed E-state index contributed by atoms with van der Waals surface area (Å²) in [4.78, 5) is 23.8. The van der Waals surface area contributed by atoms with Gasteiger partial charge in [0.05, 0.1) is 0 Å². The van der Waals surface area contributed by atoms with Gasteiger partial charge in [-0.15, -0.1) is 0 Å². The third-order valence-corrected chi connectivity index (χ3v) is 5.06. The number of hydrogen-bond acceptors (Lipinski definition) is 4. The normalized spacial score (nSPS) is 22.2. The molecule has 1 aromatic carbocycles. The van der Waals surface area contributed by atoms with Crippen molar-refractivity contribution in [2.24, 2.45) is 11.8 Å². The molecule has 0 spiro atoms. The van der Waals surface area contributed by atoms with Gasteiger partial charge in [-0.05, 0) is 42.0 Å². The minimum Gasteiger partial charge on any atom is -0.490 e. The molecule has 1 fully saturated rings. The Morgan fingerprint density at radius 3 is 2.67 bits per heavy atom. The summed E-state index contributed by atoms with van der Waals surface area (Å²) < 4.78 is 10.4. The van der Waals surface area contributed by atoms with Gasteiger partial charge in [-0.1, -0.05) is 51.5 Å². The van der Waals surface area contributed by atoms with Gasteiger partial charge in [0.2, 0.25) is 0 Å². The molecule has 0 saturated heterocycles. The molecular weight excluding hydrogens is 342 g/mol. The quantitative estimate of drug-likeness (QED) is 0.429. The fraction of sp³-hybridized carbons (Fsp3) is 0.455. The molecule has 146 valence electrons. The molecule has 1 aliphatic carbocycles. The number of esters is 1. The van der Waals surface area contributed by atoms with Crippen molar-refractivity contribution >= 4 is 18.0 Å². The van der Waals surface area contributed by atoms with Crippen LogP contribution in [-0.2, 0) is 14.3 Å². The molecule has 2 rings (SSSR count). The summed E-state index contributed by atoms with van der Waals surface area (Å²) >= 11 is 0. The second-order valence-corrected chi connectivity index (χ2v) is 7.05. The van der Waals surface area contributed by atoms with Crippen LogP contribution in [0.5, 0.6) is 5.75 Å². The van der Waals surface area contributed by atoms with Crippen molar-refractivity contribution in [2.75, 3.05) is 13.2 Å². The molecule has 0 aromatic heterocycles. The lowest BCUT2D eigenvalue weighted by molar-refractivity contribution is -0.144. The Morgan fingerprint density at radius 1 is 1.22 bits per heavy atom. The van der Waals surface area contributed by atoms with Crippen LogP contribution in [0.4, 0.5) is 0 Å². The molecule has 1 amide bonds. The lowest BCUT2D eigenvalue weighted by atomic mass is 9.78. The SMILES string of the molecule is C=CCOc1ccc(/C=C/C(=O)OCC(=O)N[C@H]2CCC[C@@H](C)[C@H]2C)cc1. The van der Waals surface area contributed by atoms with Crippen LogP contribution >= 0.6 is 0 Å². The second-order valence-electron chi connectivity index (χ2n) is 7.05. The Hall–Kier alpha value is -2.56. The zero-order valence-corrected chi connectivity index (χ0v) is 16.1. The van der Waals surface area contributed by atoms with Crippen LogP contribution in [0.15, 0.2) is 43.0 Å².